The van der Waals surface area contributed by atoms with Crippen molar-refractivity contribution in [3.05, 3.63) is 66.2 Å². The summed E-state index contributed by atoms with van der Waals surface area (Å²) in [6.07, 6.45) is 3.61. The molecule has 0 amide bonds. The molecule has 4 nitrogen and oxygen atoms in total. The highest BCUT2D eigenvalue weighted by Crippen LogP contribution is 2.15. The number of aromatic nitrogens is 2. The van der Waals surface area contributed by atoms with E-state index in [1.54, 1.807) is 0 Å². The minimum absolute atomic E-state index is 0.611. The quantitative estimate of drug-likeness (QED) is 0.755. The molecule has 0 aliphatic rings. The van der Waals surface area contributed by atoms with E-state index in [2.05, 4.69) is 10.5 Å². The van der Waals surface area contributed by atoms with Gasteiger partial charge in [0.15, 0.2) is 0 Å². The Morgan fingerprint density at radius 3 is 2.62 bits per heavy atom. The maximum absolute atomic E-state index is 5.75. The molecule has 0 saturated heterocycles. The van der Waals surface area contributed by atoms with Gasteiger partial charge in [-0.1, -0.05) is 24.3 Å². The van der Waals surface area contributed by atoms with E-state index in [-0.39, 0.29) is 0 Å². The number of benzene rings is 1. The van der Waals surface area contributed by atoms with Gasteiger partial charge in [-0.25, -0.2) is 4.98 Å². The first-order valence-corrected chi connectivity index (χ1v) is 7.21. The fourth-order valence-corrected chi connectivity index (χ4v) is 2.44. The molecule has 2 aromatic heterocycles. The maximum atomic E-state index is 5.75. The predicted octanol–water partition coefficient (Wildman–Crippen LogP) is 2.46. The Hall–Kier alpha value is -2.33. The topological polar surface area (TPSA) is 52.5 Å². The van der Waals surface area contributed by atoms with Crippen molar-refractivity contribution in [3.8, 4) is 5.75 Å². The molecule has 0 aliphatic carbocycles. The second kappa shape index (κ2) is 6.41. The van der Waals surface area contributed by atoms with Gasteiger partial charge in [0.2, 0.25) is 0 Å². The number of para-hydroxylation sites is 1. The Morgan fingerprint density at radius 1 is 1.00 bits per heavy atom. The molecule has 2 heterocycles. The first kappa shape index (κ1) is 13.6. The third-order valence-electron chi connectivity index (χ3n) is 3.42. The Bertz CT molecular complexity index is 706. The van der Waals surface area contributed by atoms with E-state index in [9.17, 15) is 0 Å². The normalized spacial score (nSPS) is 10.9. The molecular formula is C17H19N3O. The van der Waals surface area contributed by atoms with Crippen molar-refractivity contribution in [2.24, 2.45) is 5.73 Å². The van der Waals surface area contributed by atoms with E-state index in [4.69, 9.17) is 15.5 Å². The zero-order chi connectivity index (χ0) is 14.5. The van der Waals surface area contributed by atoms with Crippen LogP contribution < -0.4 is 10.5 Å². The molecule has 3 rings (SSSR count). The predicted molar refractivity (Wildman–Crippen MR) is 83.6 cm³/mol. The summed E-state index contributed by atoms with van der Waals surface area (Å²) in [7, 11) is 0. The highest BCUT2D eigenvalue weighted by Gasteiger charge is 2.09. The van der Waals surface area contributed by atoms with E-state index in [0.29, 0.717) is 13.2 Å². The van der Waals surface area contributed by atoms with Gasteiger partial charge < -0.3 is 14.9 Å². The van der Waals surface area contributed by atoms with Crippen LogP contribution in [-0.4, -0.2) is 22.5 Å². The second-order valence-corrected chi connectivity index (χ2v) is 4.88. The van der Waals surface area contributed by atoms with Gasteiger partial charge in [0.25, 0.3) is 0 Å². The van der Waals surface area contributed by atoms with Crippen molar-refractivity contribution in [3.63, 3.8) is 0 Å². The van der Waals surface area contributed by atoms with Gasteiger partial charge in [0, 0.05) is 19.0 Å². The number of ether oxygens (including phenoxy) is 1. The van der Waals surface area contributed by atoms with Crippen molar-refractivity contribution in [2.75, 3.05) is 13.2 Å². The molecule has 1 aromatic carbocycles. The van der Waals surface area contributed by atoms with Crippen LogP contribution in [-0.2, 0) is 12.8 Å². The van der Waals surface area contributed by atoms with Crippen LogP contribution in [0.25, 0.3) is 5.52 Å². The summed E-state index contributed by atoms with van der Waals surface area (Å²) in [5, 5.41) is 0. The molecular weight excluding hydrogens is 262 g/mol. The first-order chi connectivity index (χ1) is 10.4. The molecule has 4 heteroatoms. The number of hydrogen-bond acceptors (Lipinski definition) is 3. The summed E-state index contributed by atoms with van der Waals surface area (Å²) in [6.45, 7) is 1.22. The van der Waals surface area contributed by atoms with Crippen LogP contribution in [0.3, 0.4) is 0 Å². The van der Waals surface area contributed by atoms with Gasteiger partial charge >= 0.3 is 0 Å². The van der Waals surface area contributed by atoms with Gasteiger partial charge in [-0.15, -0.1) is 0 Å². The van der Waals surface area contributed by atoms with Crippen molar-refractivity contribution >= 4 is 5.52 Å². The molecule has 21 heavy (non-hydrogen) atoms. The zero-order valence-corrected chi connectivity index (χ0v) is 11.9. The molecule has 0 saturated carbocycles. The Morgan fingerprint density at radius 2 is 1.81 bits per heavy atom. The summed E-state index contributed by atoms with van der Waals surface area (Å²) in [5.74, 6) is 1.91. The standard InChI is InChI=1S/C17H19N3O/c18-11-9-15-16-8-4-5-12-20(16)17(19-15)10-13-21-14-6-2-1-3-7-14/h1-8,12H,9-11,13,18H2. The molecule has 0 spiro atoms. The molecule has 0 bridgehead atoms. The number of nitrogens with two attached hydrogens (primary N) is 1. The smallest absolute Gasteiger partial charge is 0.119 e. The van der Waals surface area contributed by atoms with Crippen LogP contribution >= 0.6 is 0 Å². The number of pyridine rings is 1. The summed E-state index contributed by atoms with van der Waals surface area (Å²) < 4.78 is 7.87. The van der Waals surface area contributed by atoms with Gasteiger partial charge in [-0.05, 0) is 30.8 Å². The van der Waals surface area contributed by atoms with Crippen LogP contribution in [0.2, 0.25) is 0 Å². The van der Waals surface area contributed by atoms with Gasteiger partial charge in [0.05, 0.1) is 17.8 Å². The molecule has 0 atom stereocenters. The third-order valence-corrected chi connectivity index (χ3v) is 3.42. The summed E-state index contributed by atoms with van der Waals surface area (Å²) in [5.41, 5.74) is 7.86. The molecule has 0 unspecified atom stereocenters. The fraction of sp³-hybridized carbons (Fsp3) is 0.235. The Balaban J connectivity index is 1.74. The largest absolute Gasteiger partial charge is 0.493 e. The lowest BCUT2D eigenvalue weighted by molar-refractivity contribution is 0.318. The van der Waals surface area contributed by atoms with E-state index in [1.807, 2.05) is 48.7 Å². The number of imidazole rings is 1. The van der Waals surface area contributed by atoms with Crippen LogP contribution in [0, 0.1) is 0 Å². The lowest BCUT2D eigenvalue weighted by atomic mass is 10.2. The lowest BCUT2D eigenvalue weighted by Crippen LogP contribution is -2.05. The molecule has 3 aromatic rings. The number of hydrogen-bond donors (Lipinski definition) is 1. The first-order valence-electron chi connectivity index (χ1n) is 7.21. The van der Waals surface area contributed by atoms with Crippen molar-refractivity contribution < 1.29 is 4.74 Å². The van der Waals surface area contributed by atoms with Crippen LogP contribution in [0.15, 0.2) is 54.7 Å². The number of nitrogens with zero attached hydrogens (tertiary/aromatic N) is 2. The molecule has 0 aliphatic heterocycles. The molecule has 0 fully saturated rings. The van der Waals surface area contributed by atoms with E-state index in [1.165, 1.54) is 0 Å². The van der Waals surface area contributed by atoms with Crippen molar-refractivity contribution in [1.82, 2.24) is 9.38 Å². The highest BCUT2D eigenvalue weighted by molar-refractivity contribution is 5.53. The number of fused-ring (bicyclic) bond motifs is 1. The molecule has 2 N–H and O–H groups in total. The number of rotatable bonds is 6. The van der Waals surface area contributed by atoms with E-state index >= 15 is 0 Å². The molecule has 0 radical (unpaired) electrons. The fourth-order valence-electron chi connectivity index (χ4n) is 2.44. The SMILES string of the molecule is NCCc1nc(CCOc2ccccc2)n2ccccc12. The minimum Gasteiger partial charge on any atom is -0.493 e. The van der Waals surface area contributed by atoms with Gasteiger partial charge in [-0.2, -0.15) is 0 Å². The summed E-state index contributed by atoms with van der Waals surface area (Å²) >= 11 is 0. The van der Waals surface area contributed by atoms with E-state index < -0.39 is 0 Å². The summed E-state index contributed by atoms with van der Waals surface area (Å²) in [4.78, 5) is 4.71. The third kappa shape index (κ3) is 3.06. The highest BCUT2D eigenvalue weighted by atomic mass is 16.5. The Labute approximate surface area is 124 Å². The van der Waals surface area contributed by atoms with Crippen LogP contribution in [0.5, 0.6) is 5.75 Å². The van der Waals surface area contributed by atoms with Crippen LogP contribution in [0.4, 0.5) is 0 Å². The average Bonchev–Trinajstić information content (AvgIpc) is 2.87. The molecule has 108 valence electrons. The second-order valence-electron chi connectivity index (χ2n) is 4.88. The zero-order valence-electron chi connectivity index (χ0n) is 11.9. The van der Waals surface area contributed by atoms with Gasteiger partial charge in [0.1, 0.15) is 11.6 Å². The Kier molecular flexibility index (Phi) is 4.17. The maximum Gasteiger partial charge on any atom is 0.119 e. The van der Waals surface area contributed by atoms with Crippen molar-refractivity contribution in [1.29, 1.82) is 0 Å². The van der Waals surface area contributed by atoms with Crippen LogP contribution in [0.1, 0.15) is 11.5 Å². The van der Waals surface area contributed by atoms with Crippen molar-refractivity contribution in [2.45, 2.75) is 12.8 Å². The average molecular weight is 281 g/mol. The monoisotopic (exact) mass is 281 g/mol. The lowest BCUT2D eigenvalue weighted by Gasteiger charge is -2.05. The van der Waals surface area contributed by atoms with Gasteiger partial charge in [-0.3, -0.25) is 0 Å². The summed E-state index contributed by atoms with van der Waals surface area (Å²) in [6, 6.07) is 16.0. The minimum atomic E-state index is 0.611. The van der Waals surface area contributed by atoms with E-state index in [0.717, 1.165) is 35.6 Å².